The monoisotopic (exact) mass is 421 g/mol. The first-order valence-electron chi connectivity index (χ1n) is 10.2. The number of benzene rings is 4. The molecule has 0 fully saturated rings. The zero-order chi connectivity index (χ0) is 22.4. The number of ether oxygens (including phenoxy) is 1. The molecule has 0 aromatic heterocycles. The van der Waals surface area contributed by atoms with Gasteiger partial charge in [-0.1, -0.05) is 73.3 Å². The lowest BCUT2D eigenvalue weighted by Crippen LogP contribution is -2.44. The van der Waals surface area contributed by atoms with Crippen LogP contribution in [-0.4, -0.2) is 29.8 Å². The molecule has 1 heterocycles. The zero-order valence-corrected chi connectivity index (χ0v) is 17.4. The largest absolute Gasteiger partial charge is 0.466 e. The molecule has 0 radical (unpaired) electrons. The fourth-order valence-electron chi connectivity index (χ4n) is 4.50. The van der Waals surface area contributed by atoms with Gasteiger partial charge in [0.2, 0.25) is 0 Å². The van der Waals surface area contributed by atoms with E-state index in [2.05, 4.69) is 6.58 Å². The van der Waals surface area contributed by atoms with Crippen molar-refractivity contribution in [3.8, 4) is 0 Å². The maximum atomic E-state index is 13.7. The standard InChI is InChI=1S/C27H19NO4/c1-16(27(31)32-2)24(20-13-5-9-17-8-3-4-12-19(17)20)28-25(29)21-14-6-10-18-11-7-15-22(23(18)21)26(28)30/h3-15,24H,1H2,2H3/t24-/m0/s1. The van der Waals surface area contributed by atoms with Gasteiger partial charge in [0.15, 0.2) is 0 Å². The number of fused-ring (bicyclic) bond motifs is 1. The van der Waals surface area contributed by atoms with Gasteiger partial charge in [-0.05, 0) is 33.9 Å². The third-order valence-electron chi connectivity index (χ3n) is 5.96. The Morgan fingerprint density at radius 1 is 0.812 bits per heavy atom. The molecule has 5 nitrogen and oxygen atoms in total. The van der Waals surface area contributed by atoms with E-state index in [1.54, 1.807) is 24.3 Å². The molecular formula is C27H19NO4. The molecule has 0 spiro atoms. The summed E-state index contributed by atoms with van der Waals surface area (Å²) >= 11 is 0. The second-order valence-electron chi connectivity index (χ2n) is 7.68. The smallest absolute Gasteiger partial charge is 0.335 e. The van der Waals surface area contributed by atoms with Crippen molar-refractivity contribution in [2.45, 2.75) is 6.04 Å². The van der Waals surface area contributed by atoms with Crippen molar-refractivity contribution in [3.05, 3.63) is 108 Å². The van der Waals surface area contributed by atoms with Crippen LogP contribution in [0.25, 0.3) is 21.5 Å². The Morgan fingerprint density at radius 3 is 2.03 bits per heavy atom. The highest BCUT2D eigenvalue weighted by atomic mass is 16.5. The normalized spacial score (nSPS) is 14.0. The Balaban J connectivity index is 1.77. The highest BCUT2D eigenvalue weighted by molar-refractivity contribution is 6.26. The van der Waals surface area contributed by atoms with Crippen molar-refractivity contribution in [2.75, 3.05) is 7.11 Å². The van der Waals surface area contributed by atoms with Crippen LogP contribution in [0.5, 0.6) is 0 Å². The number of imide groups is 1. The Labute approximate surface area is 184 Å². The van der Waals surface area contributed by atoms with E-state index < -0.39 is 23.8 Å². The van der Waals surface area contributed by atoms with E-state index >= 15 is 0 Å². The number of hydrogen-bond acceptors (Lipinski definition) is 4. The summed E-state index contributed by atoms with van der Waals surface area (Å²) in [6, 6.07) is 22.9. The highest BCUT2D eigenvalue weighted by Crippen LogP contribution is 2.39. The van der Waals surface area contributed by atoms with Crippen LogP contribution in [0.3, 0.4) is 0 Å². The average molecular weight is 421 g/mol. The van der Waals surface area contributed by atoms with Crippen LogP contribution in [0.1, 0.15) is 32.3 Å². The zero-order valence-electron chi connectivity index (χ0n) is 17.4. The summed E-state index contributed by atoms with van der Waals surface area (Å²) in [7, 11) is 1.25. The molecule has 0 saturated heterocycles. The van der Waals surface area contributed by atoms with Crippen LogP contribution >= 0.6 is 0 Å². The molecular weight excluding hydrogens is 402 g/mol. The van der Waals surface area contributed by atoms with Crippen molar-refractivity contribution in [1.82, 2.24) is 4.90 Å². The SMILES string of the molecule is C=C(C(=O)OC)[C@@H](c1cccc2ccccc12)N1C(=O)c2cccc3cccc(c23)C1=O. The van der Waals surface area contributed by atoms with Gasteiger partial charge in [-0.3, -0.25) is 14.5 Å². The molecule has 0 aliphatic carbocycles. The lowest BCUT2D eigenvalue weighted by Gasteiger charge is -2.35. The number of amides is 2. The highest BCUT2D eigenvalue weighted by Gasteiger charge is 2.41. The minimum atomic E-state index is -1.02. The van der Waals surface area contributed by atoms with Gasteiger partial charge in [-0.2, -0.15) is 0 Å². The fraction of sp³-hybridized carbons (Fsp3) is 0.0741. The predicted octanol–water partition coefficient (Wildman–Crippen LogP) is 5.06. The van der Waals surface area contributed by atoms with Crippen molar-refractivity contribution >= 4 is 39.3 Å². The molecule has 1 aliphatic heterocycles. The molecule has 0 N–H and O–H groups in total. The van der Waals surface area contributed by atoms with E-state index in [-0.39, 0.29) is 5.57 Å². The molecule has 1 aliphatic rings. The van der Waals surface area contributed by atoms with Crippen molar-refractivity contribution in [3.63, 3.8) is 0 Å². The summed E-state index contributed by atoms with van der Waals surface area (Å²) in [6.07, 6.45) is 0. The van der Waals surface area contributed by atoms with Crippen LogP contribution in [-0.2, 0) is 9.53 Å². The van der Waals surface area contributed by atoms with Gasteiger partial charge in [0.05, 0.1) is 18.7 Å². The Kier molecular flexibility index (Phi) is 4.59. The lowest BCUT2D eigenvalue weighted by atomic mass is 9.88. The molecule has 4 aromatic carbocycles. The second kappa shape index (κ2) is 7.46. The number of carbonyl (C=O) groups is 3. The minimum Gasteiger partial charge on any atom is -0.466 e. The predicted molar refractivity (Wildman–Crippen MR) is 122 cm³/mol. The van der Waals surface area contributed by atoms with E-state index in [1.807, 2.05) is 54.6 Å². The van der Waals surface area contributed by atoms with Crippen molar-refractivity contribution in [1.29, 1.82) is 0 Å². The fourth-order valence-corrected chi connectivity index (χ4v) is 4.50. The molecule has 5 heteroatoms. The molecule has 5 rings (SSSR count). The van der Waals surface area contributed by atoms with E-state index in [9.17, 15) is 14.4 Å². The maximum Gasteiger partial charge on any atom is 0.335 e. The molecule has 0 unspecified atom stereocenters. The molecule has 0 bridgehead atoms. The van der Waals surface area contributed by atoms with Gasteiger partial charge in [-0.25, -0.2) is 4.79 Å². The molecule has 156 valence electrons. The second-order valence-corrected chi connectivity index (χ2v) is 7.68. The van der Waals surface area contributed by atoms with Crippen molar-refractivity contribution in [2.24, 2.45) is 0 Å². The van der Waals surface area contributed by atoms with Gasteiger partial charge < -0.3 is 4.74 Å². The van der Waals surface area contributed by atoms with Gasteiger partial charge in [0, 0.05) is 16.5 Å². The first-order valence-corrected chi connectivity index (χ1v) is 10.2. The Hall–Kier alpha value is -4.25. The number of carbonyl (C=O) groups excluding carboxylic acids is 3. The summed E-state index contributed by atoms with van der Waals surface area (Å²) in [5, 5.41) is 3.19. The third kappa shape index (κ3) is 2.82. The van der Waals surface area contributed by atoms with Crippen LogP contribution in [0.4, 0.5) is 0 Å². The van der Waals surface area contributed by atoms with E-state index in [4.69, 9.17) is 4.74 Å². The molecule has 32 heavy (non-hydrogen) atoms. The van der Waals surface area contributed by atoms with E-state index in [0.29, 0.717) is 22.1 Å². The van der Waals surface area contributed by atoms with Crippen LogP contribution in [0.2, 0.25) is 0 Å². The quantitative estimate of drug-likeness (QED) is 0.263. The third-order valence-corrected chi connectivity index (χ3v) is 5.96. The summed E-state index contributed by atoms with van der Waals surface area (Å²) in [6.45, 7) is 3.94. The summed E-state index contributed by atoms with van der Waals surface area (Å²) in [4.78, 5) is 41.1. The number of nitrogens with zero attached hydrogens (tertiary/aromatic N) is 1. The Bertz CT molecular complexity index is 1400. The summed E-state index contributed by atoms with van der Waals surface area (Å²) in [5.74, 6) is -1.62. The van der Waals surface area contributed by atoms with Gasteiger partial charge in [0.1, 0.15) is 0 Å². The van der Waals surface area contributed by atoms with E-state index in [1.165, 1.54) is 7.11 Å². The van der Waals surface area contributed by atoms with Gasteiger partial charge in [-0.15, -0.1) is 0 Å². The van der Waals surface area contributed by atoms with Crippen LogP contribution < -0.4 is 0 Å². The van der Waals surface area contributed by atoms with Gasteiger partial charge >= 0.3 is 5.97 Å². The average Bonchev–Trinajstić information content (AvgIpc) is 2.84. The molecule has 0 saturated carbocycles. The Morgan fingerprint density at radius 2 is 1.38 bits per heavy atom. The molecule has 1 atom stereocenters. The van der Waals surface area contributed by atoms with Crippen LogP contribution in [0.15, 0.2) is 91.0 Å². The minimum absolute atomic E-state index is 0.0112. The first kappa shape index (κ1) is 19.7. The van der Waals surface area contributed by atoms with E-state index in [0.717, 1.165) is 21.1 Å². The molecule has 4 aromatic rings. The topological polar surface area (TPSA) is 63.7 Å². The molecule has 2 amide bonds. The summed E-state index contributed by atoms with van der Waals surface area (Å²) < 4.78 is 4.93. The number of hydrogen-bond donors (Lipinski definition) is 0. The first-order chi connectivity index (χ1) is 15.5. The number of methoxy groups -OCH3 is 1. The maximum absolute atomic E-state index is 13.7. The van der Waals surface area contributed by atoms with Crippen LogP contribution in [0, 0.1) is 0 Å². The summed E-state index contributed by atoms with van der Waals surface area (Å²) in [5.41, 5.74) is 1.48. The number of rotatable bonds is 4. The number of esters is 1. The van der Waals surface area contributed by atoms with Gasteiger partial charge in [0.25, 0.3) is 11.8 Å². The van der Waals surface area contributed by atoms with Crippen molar-refractivity contribution < 1.29 is 19.1 Å². The lowest BCUT2D eigenvalue weighted by molar-refractivity contribution is -0.136.